The molecule has 4 atom stereocenters. The van der Waals surface area contributed by atoms with Crippen molar-refractivity contribution in [2.45, 2.75) is 111 Å². The Morgan fingerprint density at radius 3 is 2.14 bits per heavy atom. The number of carboxylic acids is 1. The smallest absolute Gasteiger partial charge is 0.333 e. The van der Waals surface area contributed by atoms with Gasteiger partial charge in [0.05, 0.1) is 6.04 Å². The van der Waals surface area contributed by atoms with Gasteiger partial charge in [-0.1, -0.05) is 65.0 Å². The van der Waals surface area contributed by atoms with E-state index >= 15 is 4.39 Å². The van der Waals surface area contributed by atoms with E-state index in [1.54, 1.807) is 51.4 Å². The number of carbonyl (C=O) groups excluding carboxylic acids is 7. The summed E-state index contributed by atoms with van der Waals surface area (Å²) in [6.45, 7) is 8.52. The molecule has 0 bridgehead atoms. The summed E-state index contributed by atoms with van der Waals surface area (Å²) in [4.78, 5) is 110. The maximum Gasteiger partial charge on any atom is 0.333 e. The van der Waals surface area contributed by atoms with E-state index in [1.165, 1.54) is 11.8 Å². The highest BCUT2D eigenvalue weighted by Crippen LogP contribution is 2.41. The fourth-order valence-electron chi connectivity index (χ4n) is 7.61. The highest BCUT2D eigenvalue weighted by Gasteiger charge is 2.43. The predicted octanol–water partition coefficient (Wildman–Crippen LogP) is 3.85. The van der Waals surface area contributed by atoms with E-state index in [-0.39, 0.29) is 49.8 Å². The first-order valence-corrected chi connectivity index (χ1v) is 20.9. The number of rotatable bonds is 21. The third-order valence-electron chi connectivity index (χ3n) is 10.8. The molecule has 19 heteroatoms. The van der Waals surface area contributed by atoms with Gasteiger partial charge in [0, 0.05) is 61.8 Å². The molecule has 2 heterocycles. The number of nitrogens with two attached hydrogens (primary N) is 1. The quantitative estimate of drug-likeness (QED) is 0.112. The molecule has 1 aliphatic heterocycles. The van der Waals surface area contributed by atoms with Crippen LogP contribution in [0.3, 0.4) is 0 Å². The molecule has 5 N–H and O–H groups in total. The second kappa shape index (κ2) is 21.7. The lowest BCUT2D eigenvalue weighted by Gasteiger charge is -2.42. The molecule has 3 aromatic rings. The highest BCUT2D eigenvalue weighted by molar-refractivity contribution is 6.01. The number of primary amides is 1. The van der Waals surface area contributed by atoms with Crippen molar-refractivity contribution >= 4 is 47.4 Å². The Labute approximate surface area is 369 Å². The highest BCUT2D eigenvalue weighted by atomic mass is 19.1. The van der Waals surface area contributed by atoms with Gasteiger partial charge >= 0.3 is 11.9 Å². The van der Waals surface area contributed by atoms with Gasteiger partial charge in [-0.15, -0.1) is 5.06 Å². The molecule has 0 aliphatic carbocycles. The first-order chi connectivity index (χ1) is 30.0. The molecule has 1 saturated heterocycles. The van der Waals surface area contributed by atoms with Crippen molar-refractivity contribution in [2.24, 2.45) is 17.1 Å². The lowest BCUT2D eigenvalue weighted by atomic mass is 9.82. The van der Waals surface area contributed by atoms with Gasteiger partial charge in [0.15, 0.2) is 0 Å². The molecule has 1 fully saturated rings. The van der Waals surface area contributed by atoms with Crippen LogP contribution in [0.1, 0.15) is 97.4 Å². The standard InChI is InChI=1S/C45H56F2N6O11/c1-26(2)40(49-35(55)13-10-14-39(59)64-53-36(56)17-18-37(53)57)43(61)52(27(3)42(48)60)33(44(62)63)19-20-51(38(58)25-54)41(45(4,5)6)34-21-29(31-22-30(46)15-16-32(31)47)24-50(34)23-28-11-8-7-9-12-28/h7-9,11-12,15-16,21-22,24,26-27,33,40-41,54H,10,13-14,17-20,23,25H2,1-6H3,(H2,48,60)(H,49,55)(H,62,63)/t27-,33-,40-,41-/m0/s1. The number of carboxylic acid groups (broad SMARTS) is 1. The van der Waals surface area contributed by atoms with Crippen molar-refractivity contribution in [1.29, 1.82) is 0 Å². The second-order valence-corrected chi connectivity index (χ2v) is 17.1. The van der Waals surface area contributed by atoms with Crippen molar-refractivity contribution < 1.29 is 62.2 Å². The fraction of sp³-hybridized carbons (Fsp3) is 0.467. The number of aliphatic hydroxyl groups is 1. The van der Waals surface area contributed by atoms with Crippen LogP contribution >= 0.6 is 0 Å². The zero-order valence-electron chi connectivity index (χ0n) is 36.7. The number of halogens is 2. The summed E-state index contributed by atoms with van der Waals surface area (Å²) in [5, 5.41) is 23.9. The topological polar surface area (TPSA) is 239 Å². The number of aliphatic hydroxyl groups excluding tert-OH is 1. The summed E-state index contributed by atoms with van der Waals surface area (Å²) in [6, 6.07) is 8.02. The molecule has 0 unspecified atom stereocenters. The molecule has 2 aromatic carbocycles. The summed E-state index contributed by atoms with van der Waals surface area (Å²) in [7, 11) is 0. The normalized spacial score (nSPS) is 14.8. The number of imide groups is 1. The minimum Gasteiger partial charge on any atom is -0.480 e. The summed E-state index contributed by atoms with van der Waals surface area (Å²) in [5.41, 5.74) is 6.26. The van der Waals surface area contributed by atoms with Crippen molar-refractivity contribution in [3.63, 3.8) is 0 Å². The van der Waals surface area contributed by atoms with Crippen LogP contribution < -0.4 is 11.1 Å². The Kier molecular flexibility index (Phi) is 17.0. The van der Waals surface area contributed by atoms with Crippen LogP contribution in [-0.4, -0.2) is 108 Å². The van der Waals surface area contributed by atoms with Crippen LogP contribution in [0.15, 0.2) is 60.8 Å². The number of amides is 6. The molecule has 6 amide bonds. The van der Waals surface area contributed by atoms with E-state index in [2.05, 4.69) is 5.32 Å². The van der Waals surface area contributed by atoms with Crippen molar-refractivity contribution in [1.82, 2.24) is 24.7 Å². The van der Waals surface area contributed by atoms with E-state index in [4.69, 9.17) is 10.6 Å². The molecular weight excluding hydrogens is 839 g/mol. The lowest BCUT2D eigenvalue weighted by molar-refractivity contribution is -0.197. The van der Waals surface area contributed by atoms with Crippen LogP contribution in [0.5, 0.6) is 0 Å². The maximum absolute atomic E-state index is 15.2. The average molecular weight is 895 g/mol. The molecule has 0 spiro atoms. The number of aromatic nitrogens is 1. The monoisotopic (exact) mass is 894 g/mol. The molecule has 1 aliphatic rings. The number of benzene rings is 2. The third-order valence-corrected chi connectivity index (χ3v) is 10.8. The van der Waals surface area contributed by atoms with Gasteiger partial charge in [-0.2, -0.15) is 0 Å². The third kappa shape index (κ3) is 12.6. The molecule has 346 valence electrons. The lowest BCUT2D eigenvalue weighted by Crippen LogP contribution is -2.61. The van der Waals surface area contributed by atoms with E-state index in [0.29, 0.717) is 10.8 Å². The Bertz CT molecular complexity index is 2210. The Morgan fingerprint density at radius 1 is 0.938 bits per heavy atom. The van der Waals surface area contributed by atoms with Crippen molar-refractivity contribution in [2.75, 3.05) is 13.2 Å². The Balaban J connectivity index is 1.67. The van der Waals surface area contributed by atoms with Crippen LogP contribution in [0.25, 0.3) is 11.1 Å². The molecule has 1 aromatic heterocycles. The van der Waals surface area contributed by atoms with Gasteiger partial charge in [-0.25, -0.2) is 18.4 Å². The first kappa shape index (κ1) is 50.1. The van der Waals surface area contributed by atoms with Gasteiger partial charge in [0.1, 0.15) is 36.4 Å². The summed E-state index contributed by atoms with van der Waals surface area (Å²) >= 11 is 0. The predicted molar refractivity (Wildman–Crippen MR) is 226 cm³/mol. The summed E-state index contributed by atoms with van der Waals surface area (Å²) < 4.78 is 31.5. The van der Waals surface area contributed by atoms with E-state index in [0.717, 1.165) is 28.7 Å². The average Bonchev–Trinajstić information content (AvgIpc) is 3.77. The minimum absolute atomic E-state index is 0.0523. The zero-order valence-corrected chi connectivity index (χ0v) is 36.7. The maximum atomic E-state index is 15.2. The number of nitrogens with zero attached hydrogens (tertiary/aromatic N) is 4. The van der Waals surface area contributed by atoms with Gasteiger partial charge in [0.25, 0.3) is 11.8 Å². The molecule has 4 rings (SSSR count). The first-order valence-electron chi connectivity index (χ1n) is 20.9. The fourth-order valence-corrected chi connectivity index (χ4v) is 7.61. The van der Waals surface area contributed by atoms with E-state index < -0.39 is 114 Å². The Hall–Kier alpha value is -6.50. The number of hydroxylamine groups is 2. The van der Waals surface area contributed by atoms with Gasteiger partial charge < -0.3 is 40.5 Å². The Morgan fingerprint density at radius 2 is 1.58 bits per heavy atom. The van der Waals surface area contributed by atoms with Crippen LogP contribution in [0.2, 0.25) is 0 Å². The molecule has 0 radical (unpaired) electrons. The minimum atomic E-state index is -1.83. The largest absolute Gasteiger partial charge is 0.480 e. The van der Waals surface area contributed by atoms with Crippen LogP contribution in [0.4, 0.5) is 8.78 Å². The van der Waals surface area contributed by atoms with Gasteiger partial charge in [-0.05, 0) is 60.9 Å². The second-order valence-electron chi connectivity index (χ2n) is 17.1. The number of aliphatic carboxylic acids is 1. The van der Waals surface area contributed by atoms with Gasteiger partial charge in [-0.3, -0.25) is 28.8 Å². The van der Waals surface area contributed by atoms with Crippen molar-refractivity contribution in [3.8, 4) is 11.1 Å². The number of hydrogen-bond donors (Lipinski definition) is 4. The van der Waals surface area contributed by atoms with Crippen LogP contribution in [-0.2, 0) is 49.7 Å². The SMILES string of the molecule is CC(C)[C@H](NC(=O)CCCC(=O)ON1C(=O)CCC1=O)C(=O)N([C@@H](C)C(N)=O)[C@@H](CCN(C(=O)CO)[C@@H](c1cc(-c2cc(F)ccc2F)cn1Cc1ccccc1)C(C)(C)C)C(=O)O. The number of hydrogen-bond acceptors (Lipinski definition) is 10. The summed E-state index contributed by atoms with van der Waals surface area (Å²) in [6.07, 6.45) is 0.0949. The number of carbonyl (C=O) groups is 8. The molecule has 64 heavy (non-hydrogen) atoms. The zero-order chi connectivity index (χ0) is 47.6. The van der Waals surface area contributed by atoms with E-state index in [9.17, 15) is 53.0 Å². The van der Waals surface area contributed by atoms with Crippen molar-refractivity contribution in [3.05, 3.63) is 83.7 Å². The summed E-state index contributed by atoms with van der Waals surface area (Å²) in [5.74, 6) is -9.55. The van der Waals surface area contributed by atoms with Crippen LogP contribution in [0, 0.1) is 23.0 Å². The molecule has 0 saturated carbocycles. The molecular formula is C45H56F2N6O11. The molecule has 17 nitrogen and oxygen atoms in total. The van der Waals surface area contributed by atoms with E-state index in [1.807, 2.05) is 30.3 Å². The number of nitrogens with one attached hydrogen (secondary N) is 1. The van der Waals surface area contributed by atoms with Gasteiger partial charge in [0.2, 0.25) is 23.6 Å².